The van der Waals surface area contributed by atoms with E-state index in [4.69, 9.17) is 4.74 Å². The summed E-state index contributed by atoms with van der Waals surface area (Å²) in [7, 11) is 1.42. The van der Waals surface area contributed by atoms with Crippen molar-refractivity contribution in [3.63, 3.8) is 0 Å². The molecule has 3 rings (SSSR count). The Morgan fingerprint density at radius 2 is 1.96 bits per heavy atom. The second-order valence-electron chi connectivity index (χ2n) is 5.61. The molecule has 10 heteroatoms. The average molecular weight is 397 g/mol. The van der Waals surface area contributed by atoms with Crippen LogP contribution >= 0.6 is 11.3 Å². The van der Waals surface area contributed by atoms with Crippen LogP contribution in [0.1, 0.15) is 0 Å². The number of fused-ring (bicyclic) bond motifs is 1. The fourth-order valence-corrected chi connectivity index (χ4v) is 3.28. The molecule has 0 saturated carbocycles. The number of carbonyl (C=O) groups is 1. The van der Waals surface area contributed by atoms with E-state index in [1.54, 1.807) is 11.4 Å². The number of rotatable bonds is 5. The molecule has 0 radical (unpaired) electrons. The predicted molar refractivity (Wildman–Crippen MR) is 95.3 cm³/mol. The Morgan fingerprint density at radius 3 is 2.59 bits per heavy atom. The molecule has 0 aliphatic heterocycles. The number of thiophene rings is 1. The molecule has 0 aliphatic carbocycles. The average Bonchev–Trinajstić information content (AvgIpc) is 3.11. The van der Waals surface area contributed by atoms with E-state index in [0.29, 0.717) is 20.9 Å². The van der Waals surface area contributed by atoms with E-state index in [1.807, 2.05) is 0 Å². The van der Waals surface area contributed by atoms with Crippen molar-refractivity contribution >= 4 is 33.1 Å². The number of aromatic nitrogens is 2. The van der Waals surface area contributed by atoms with Crippen LogP contribution in [0.15, 0.2) is 46.8 Å². The van der Waals surface area contributed by atoms with Gasteiger partial charge in [0.15, 0.2) is 0 Å². The Labute approximate surface area is 155 Å². The van der Waals surface area contributed by atoms with Gasteiger partial charge in [-0.1, -0.05) is 0 Å². The van der Waals surface area contributed by atoms with Gasteiger partial charge in [-0.3, -0.25) is 14.2 Å². The maximum atomic E-state index is 13.0. The second-order valence-corrected chi connectivity index (χ2v) is 6.52. The van der Waals surface area contributed by atoms with Crippen molar-refractivity contribution in [1.29, 1.82) is 0 Å². The number of nitrogens with zero attached hydrogens (tertiary/aromatic N) is 3. The molecular formula is C17H14F3N3O3S. The minimum absolute atomic E-state index is 0.0522. The Kier molecular flexibility index (Phi) is 5.17. The first kappa shape index (κ1) is 18.9. The summed E-state index contributed by atoms with van der Waals surface area (Å²) in [5.74, 6) is -0.431. The minimum Gasteiger partial charge on any atom is -0.497 e. The summed E-state index contributed by atoms with van der Waals surface area (Å²) in [5.41, 5.74) is 0.0670. The summed E-state index contributed by atoms with van der Waals surface area (Å²) in [6.07, 6.45) is -3.44. The maximum absolute atomic E-state index is 13.0. The molecule has 0 saturated heterocycles. The van der Waals surface area contributed by atoms with E-state index in [1.165, 1.54) is 31.4 Å². The zero-order valence-corrected chi connectivity index (χ0v) is 14.9. The first-order valence-corrected chi connectivity index (χ1v) is 8.60. The Bertz CT molecular complexity index is 1010. The van der Waals surface area contributed by atoms with Crippen LogP contribution in [0.2, 0.25) is 0 Å². The highest BCUT2D eigenvalue weighted by Gasteiger charge is 2.34. The Hall–Kier alpha value is -2.88. The van der Waals surface area contributed by atoms with Gasteiger partial charge in [-0.15, -0.1) is 11.3 Å². The van der Waals surface area contributed by atoms with Gasteiger partial charge in [0, 0.05) is 5.69 Å². The number of halogens is 3. The number of ether oxygens (including phenoxy) is 1. The maximum Gasteiger partial charge on any atom is 0.406 e. The SMILES string of the molecule is COc1ccc(N(CC(F)(F)F)C(=O)Cn2cnc3ccsc3c2=O)cc1. The molecule has 0 atom stereocenters. The highest BCUT2D eigenvalue weighted by molar-refractivity contribution is 7.17. The highest BCUT2D eigenvalue weighted by Crippen LogP contribution is 2.24. The summed E-state index contributed by atoms with van der Waals surface area (Å²) in [6.45, 7) is -2.02. The van der Waals surface area contributed by atoms with E-state index in [2.05, 4.69) is 4.98 Å². The standard InChI is InChI=1S/C17H14F3N3O3S/c1-26-12-4-2-11(3-5-12)23(9-17(18,19)20)14(24)8-22-10-21-13-6-7-27-15(13)16(22)25/h2-7,10H,8-9H2,1H3. The van der Waals surface area contributed by atoms with Crippen molar-refractivity contribution in [3.8, 4) is 5.75 Å². The number of anilines is 1. The monoisotopic (exact) mass is 397 g/mol. The van der Waals surface area contributed by atoms with Gasteiger partial charge in [0.25, 0.3) is 5.56 Å². The summed E-state index contributed by atoms with van der Waals surface area (Å²) < 4.78 is 45.3. The molecule has 3 aromatic rings. The van der Waals surface area contributed by atoms with E-state index >= 15 is 0 Å². The van der Waals surface area contributed by atoms with Crippen molar-refractivity contribution in [3.05, 3.63) is 52.4 Å². The van der Waals surface area contributed by atoms with Gasteiger partial charge in [-0.2, -0.15) is 13.2 Å². The topological polar surface area (TPSA) is 64.4 Å². The first-order valence-electron chi connectivity index (χ1n) is 7.72. The van der Waals surface area contributed by atoms with Crippen LogP contribution in [-0.4, -0.2) is 35.3 Å². The van der Waals surface area contributed by atoms with Crippen LogP contribution in [0.5, 0.6) is 5.75 Å². The summed E-state index contributed by atoms with van der Waals surface area (Å²) in [6, 6.07) is 7.27. The lowest BCUT2D eigenvalue weighted by Crippen LogP contribution is -2.42. The van der Waals surface area contributed by atoms with Crippen LogP contribution < -0.4 is 15.2 Å². The summed E-state index contributed by atoms with van der Waals surface area (Å²) in [5, 5.41) is 1.68. The minimum atomic E-state index is -4.60. The third-order valence-corrected chi connectivity index (χ3v) is 4.66. The lowest BCUT2D eigenvalue weighted by atomic mass is 10.2. The van der Waals surface area contributed by atoms with Crippen molar-refractivity contribution in [2.75, 3.05) is 18.6 Å². The lowest BCUT2D eigenvalue weighted by Gasteiger charge is -2.24. The first-order chi connectivity index (χ1) is 12.8. The lowest BCUT2D eigenvalue weighted by molar-refractivity contribution is -0.132. The fraction of sp³-hybridized carbons (Fsp3) is 0.235. The third kappa shape index (κ3) is 4.27. The van der Waals surface area contributed by atoms with Crippen LogP contribution in [0.25, 0.3) is 10.2 Å². The molecule has 0 bridgehead atoms. The van der Waals surface area contributed by atoms with Gasteiger partial charge in [0.2, 0.25) is 5.91 Å². The molecule has 0 N–H and O–H groups in total. The Balaban J connectivity index is 1.91. The molecule has 2 aromatic heterocycles. The molecule has 142 valence electrons. The molecular weight excluding hydrogens is 383 g/mol. The van der Waals surface area contributed by atoms with E-state index < -0.39 is 30.7 Å². The van der Waals surface area contributed by atoms with Crippen molar-refractivity contribution in [2.24, 2.45) is 0 Å². The molecule has 0 spiro atoms. The molecule has 0 fully saturated rings. The molecule has 0 aliphatic rings. The second kappa shape index (κ2) is 7.39. The zero-order chi connectivity index (χ0) is 19.6. The molecule has 2 heterocycles. The number of hydrogen-bond acceptors (Lipinski definition) is 5. The predicted octanol–water partition coefficient (Wildman–Crippen LogP) is 3.06. The van der Waals surface area contributed by atoms with Crippen LogP contribution in [-0.2, 0) is 11.3 Å². The molecule has 0 unspecified atom stereocenters. The Morgan fingerprint density at radius 1 is 1.26 bits per heavy atom. The van der Waals surface area contributed by atoms with Gasteiger partial charge in [-0.25, -0.2) is 4.98 Å². The van der Waals surface area contributed by atoms with Crippen molar-refractivity contribution in [1.82, 2.24) is 9.55 Å². The van der Waals surface area contributed by atoms with Crippen LogP contribution in [0, 0.1) is 0 Å². The number of alkyl halides is 3. The van der Waals surface area contributed by atoms with Crippen LogP contribution in [0.3, 0.4) is 0 Å². The van der Waals surface area contributed by atoms with E-state index in [9.17, 15) is 22.8 Å². The van der Waals surface area contributed by atoms with Gasteiger partial charge < -0.3 is 9.64 Å². The largest absolute Gasteiger partial charge is 0.497 e. The van der Waals surface area contributed by atoms with Gasteiger partial charge in [0.1, 0.15) is 23.5 Å². The van der Waals surface area contributed by atoms with Gasteiger partial charge in [0.05, 0.1) is 19.0 Å². The van der Waals surface area contributed by atoms with Gasteiger partial charge >= 0.3 is 6.18 Å². The third-order valence-electron chi connectivity index (χ3n) is 3.76. The zero-order valence-electron chi connectivity index (χ0n) is 14.1. The summed E-state index contributed by atoms with van der Waals surface area (Å²) >= 11 is 1.16. The summed E-state index contributed by atoms with van der Waals surface area (Å²) in [4.78, 5) is 29.6. The molecule has 1 aromatic carbocycles. The number of amides is 1. The smallest absolute Gasteiger partial charge is 0.406 e. The molecule has 27 heavy (non-hydrogen) atoms. The van der Waals surface area contributed by atoms with Crippen LogP contribution in [0.4, 0.5) is 18.9 Å². The molecule has 6 nitrogen and oxygen atoms in total. The quantitative estimate of drug-likeness (QED) is 0.664. The van der Waals surface area contributed by atoms with Crippen molar-refractivity contribution < 1.29 is 22.7 Å². The van der Waals surface area contributed by atoms with E-state index in [-0.39, 0.29) is 5.69 Å². The van der Waals surface area contributed by atoms with Crippen molar-refractivity contribution in [2.45, 2.75) is 12.7 Å². The highest BCUT2D eigenvalue weighted by atomic mass is 32.1. The normalized spacial score (nSPS) is 11.6. The number of hydrogen-bond donors (Lipinski definition) is 0. The number of methoxy groups -OCH3 is 1. The number of benzene rings is 1. The van der Waals surface area contributed by atoms with E-state index in [0.717, 1.165) is 22.2 Å². The van der Waals surface area contributed by atoms with Gasteiger partial charge in [-0.05, 0) is 35.7 Å². The molecule has 1 amide bonds. The number of carbonyl (C=O) groups excluding carboxylic acids is 1. The fourth-order valence-electron chi connectivity index (χ4n) is 2.49.